The summed E-state index contributed by atoms with van der Waals surface area (Å²) in [5.74, 6) is -0.308. The molecule has 0 atom stereocenters. The summed E-state index contributed by atoms with van der Waals surface area (Å²) in [4.78, 5) is 25.4. The molecule has 0 aliphatic rings. The number of pyridine rings is 1. The zero-order chi connectivity index (χ0) is 15.2. The van der Waals surface area contributed by atoms with Gasteiger partial charge in [0.25, 0.3) is 5.69 Å². The van der Waals surface area contributed by atoms with E-state index in [2.05, 4.69) is 10.3 Å². The molecule has 0 radical (unpaired) electrons. The number of non-ortho nitro benzene ring substituents is 1. The van der Waals surface area contributed by atoms with Crippen LogP contribution in [0.25, 0.3) is 10.9 Å². The number of nitrogens with zero attached hydrogens (tertiary/aromatic N) is 2. The van der Waals surface area contributed by atoms with Crippen LogP contribution in [0.5, 0.6) is 0 Å². The third kappa shape index (κ3) is 3.65. The first-order valence-electron chi connectivity index (χ1n) is 6.64. The van der Waals surface area contributed by atoms with Gasteiger partial charge in [-0.05, 0) is 31.0 Å². The quantitative estimate of drug-likeness (QED) is 0.461. The zero-order valence-corrected chi connectivity index (χ0v) is 11.4. The van der Waals surface area contributed by atoms with E-state index in [4.69, 9.17) is 5.73 Å². The molecule has 0 unspecified atom stereocenters. The Balaban J connectivity index is 2.12. The molecule has 110 valence electrons. The lowest BCUT2D eigenvalue weighted by Crippen LogP contribution is -2.11. The lowest BCUT2D eigenvalue weighted by atomic mass is 10.1. The number of amides is 1. The van der Waals surface area contributed by atoms with Crippen molar-refractivity contribution >= 4 is 28.2 Å². The van der Waals surface area contributed by atoms with E-state index in [-0.39, 0.29) is 11.6 Å². The summed E-state index contributed by atoms with van der Waals surface area (Å²) in [6.07, 6.45) is 3.46. The number of nitro benzene ring substituents is 1. The third-order valence-corrected chi connectivity index (χ3v) is 3.11. The largest absolute Gasteiger partial charge is 0.383 e. The Morgan fingerprint density at radius 2 is 2.14 bits per heavy atom. The van der Waals surface area contributed by atoms with Crippen molar-refractivity contribution in [2.45, 2.75) is 19.3 Å². The van der Waals surface area contributed by atoms with E-state index in [1.54, 1.807) is 24.4 Å². The number of benzene rings is 1. The minimum atomic E-state index is -0.416. The molecule has 0 saturated carbocycles. The molecule has 7 nitrogen and oxygen atoms in total. The van der Waals surface area contributed by atoms with Crippen molar-refractivity contribution in [3.05, 3.63) is 40.6 Å². The minimum Gasteiger partial charge on any atom is -0.383 e. The molecule has 21 heavy (non-hydrogen) atoms. The maximum atomic E-state index is 11.0. The fraction of sp³-hybridized carbons (Fsp3) is 0.286. The van der Waals surface area contributed by atoms with Gasteiger partial charge in [-0.25, -0.2) is 0 Å². The van der Waals surface area contributed by atoms with Crippen molar-refractivity contribution in [1.82, 2.24) is 4.98 Å². The Labute approximate surface area is 121 Å². The lowest BCUT2D eigenvalue weighted by Gasteiger charge is -2.09. The van der Waals surface area contributed by atoms with Crippen LogP contribution in [0.3, 0.4) is 0 Å². The maximum Gasteiger partial charge on any atom is 0.278 e. The van der Waals surface area contributed by atoms with Crippen molar-refractivity contribution < 1.29 is 9.72 Å². The van der Waals surface area contributed by atoms with E-state index in [1.807, 2.05) is 0 Å². The van der Waals surface area contributed by atoms with Gasteiger partial charge in [0, 0.05) is 25.2 Å². The molecule has 1 amide bonds. The number of unbranched alkanes of at least 4 members (excludes halogenated alkanes) is 1. The highest BCUT2D eigenvalue weighted by Crippen LogP contribution is 2.29. The fourth-order valence-corrected chi connectivity index (χ4v) is 2.11. The number of aromatic nitrogens is 1. The van der Waals surface area contributed by atoms with Crippen LogP contribution in [0.2, 0.25) is 0 Å². The molecule has 2 rings (SSSR count). The second-order valence-corrected chi connectivity index (χ2v) is 4.64. The topological polar surface area (TPSA) is 111 Å². The molecule has 0 fully saturated rings. The van der Waals surface area contributed by atoms with Crippen LogP contribution >= 0.6 is 0 Å². The number of nitro groups is 1. The Morgan fingerprint density at radius 1 is 1.33 bits per heavy atom. The highest BCUT2D eigenvalue weighted by Gasteiger charge is 2.14. The van der Waals surface area contributed by atoms with Crippen LogP contribution in [0.1, 0.15) is 19.3 Å². The van der Waals surface area contributed by atoms with Gasteiger partial charge in [-0.15, -0.1) is 0 Å². The number of fused-ring (bicyclic) bond motifs is 1. The number of rotatable bonds is 7. The monoisotopic (exact) mass is 288 g/mol. The van der Waals surface area contributed by atoms with Crippen LogP contribution < -0.4 is 11.1 Å². The molecule has 0 saturated heterocycles. The lowest BCUT2D eigenvalue weighted by molar-refractivity contribution is -0.383. The highest BCUT2D eigenvalue weighted by atomic mass is 16.6. The van der Waals surface area contributed by atoms with Gasteiger partial charge in [0.2, 0.25) is 5.91 Å². The van der Waals surface area contributed by atoms with Crippen LogP contribution in [-0.2, 0) is 4.79 Å². The summed E-state index contributed by atoms with van der Waals surface area (Å²) in [5.41, 5.74) is 6.43. The average Bonchev–Trinajstić information content (AvgIpc) is 2.46. The molecule has 0 spiro atoms. The molecule has 1 aromatic carbocycles. The second kappa shape index (κ2) is 6.65. The number of carbonyl (C=O) groups is 1. The van der Waals surface area contributed by atoms with Crippen molar-refractivity contribution in [3.63, 3.8) is 0 Å². The summed E-state index contributed by atoms with van der Waals surface area (Å²) >= 11 is 0. The first-order valence-corrected chi connectivity index (χ1v) is 6.64. The number of anilines is 1. The van der Waals surface area contributed by atoms with Gasteiger partial charge in [0.1, 0.15) is 5.52 Å². The molecule has 1 aromatic heterocycles. The van der Waals surface area contributed by atoms with Gasteiger partial charge in [-0.1, -0.05) is 0 Å². The molecule has 2 aromatic rings. The van der Waals surface area contributed by atoms with Crippen molar-refractivity contribution in [2.75, 3.05) is 11.9 Å². The normalized spacial score (nSPS) is 10.5. The van der Waals surface area contributed by atoms with E-state index in [0.29, 0.717) is 30.3 Å². The van der Waals surface area contributed by atoms with Crippen LogP contribution in [0, 0.1) is 10.1 Å². The number of hydrogen-bond donors (Lipinski definition) is 2. The predicted molar refractivity (Wildman–Crippen MR) is 79.9 cm³/mol. The van der Waals surface area contributed by atoms with Crippen LogP contribution in [0.4, 0.5) is 11.4 Å². The minimum absolute atomic E-state index is 0.0392. The third-order valence-electron chi connectivity index (χ3n) is 3.11. The summed E-state index contributed by atoms with van der Waals surface area (Å²) in [6.45, 7) is 0.650. The summed E-state index contributed by atoms with van der Waals surface area (Å²) < 4.78 is 0. The van der Waals surface area contributed by atoms with Gasteiger partial charge in [0.05, 0.1) is 16.0 Å². The summed E-state index contributed by atoms with van der Waals surface area (Å²) in [5, 5.41) is 14.7. The maximum absolute atomic E-state index is 11.0. The second-order valence-electron chi connectivity index (χ2n) is 4.64. The van der Waals surface area contributed by atoms with Gasteiger partial charge in [0.15, 0.2) is 0 Å². The fourth-order valence-electron chi connectivity index (χ4n) is 2.11. The molecule has 0 aliphatic heterocycles. The van der Waals surface area contributed by atoms with Crippen LogP contribution in [-0.4, -0.2) is 22.4 Å². The number of hydrogen-bond acceptors (Lipinski definition) is 5. The standard InChI is InChI=1S/C14H16N4O3/c15-13(19)5-1-2-8-16-11-6-7-12(18(20)21)10-4-3-9-17-14(10)11/h3-4,6-7,9,16H,1-2,5,8H2,(H2,15,19). The highest BCUT2D eigenvalue weighted by molar-refractivity contribution is 5.96. The van der Waals surface area contributed by atoms with Crippen molar-refractivity contribution in [2.24, 2.45) is 5.73 Å². The first-order chi connectivity index (χ1) is 10.1. The Kier molecular flexibility index (Phi) is 4.65. The van der Waals surface area contributed by atoms with Gasteiger partial charge in [-0.3, -0.25) is 19.9 Å². The van der Waals surface area contributed by atoms with Gasteiger partial charge < -0.3 is 11.1 Å². The number of carbonyl (C=O) groups excluding carboxylic acids is 1. The van der Waals surface area contributed by atoms with E-state index in [9.17, 15) is 14.9 Å². The molecule has 0 aliphatic carbocycles. The number of nitrogens with two attached hydrogens (primary N) is 1. The van der Waals surface area contributed by atoms with E-state index in [0.717, 1.165) is 12.1 Å². The van der Waals surface area contributed by atoms with Gasteiger partial charge >= 0.3 is 0 Å². The number of nitrogens with one attached hydrogen (secondary N) is 1. The number of primary amides is 1. The van der Waals surface area contributed by atoms with Crippen LogP contribution in [0.15, 0.2) is 30.5 Å². The molecule has 7 heteroatoms. The Bertz CT molecular complexity index is 672. The Hall–Kier alpha value is -2.70. The molecule has 1 heterocycles. The zero-order valence-electron chi connectivity index (χ0n) is 11.4. The van der Waals surface area contributed by atoms with Gasteiger partial charge in [-0.2, -0.15) is 0 Å². The smallest absolute Gasteiger partial charge is 0.278 e. The molecule has 3 N–H and O–H groups in total. The van der Waals surface area contributed by atoms with E-state index < -0.39 is 4.92 Å². The molecular formula is C14H16N4O3. The van der Waals surface area contributed by atoms with E-state index >= 15 is 0 Å². The average molecular weight is 288 g/mol. The summed E-state index contributed by atoms with van der Waals surface area (Å²) in [6, 6.07) is 6.47. The molecule has 0 bridgehead atoms. The van der Waals surface area contributed by atoms with Crippen molar-refractivity contribution in [3.8, 4) is 0 Å². The van der Waals surface area contributed by atoms with E-state index in [1.165, 1.54) is 6.07 Å². The Morgan fingerprint density at radius 3 is 2.86 bits per heavy atom. The first kappa shape index (κ1) is 14.7. The van der Waals surface area contributed by atoms with Crippen molar-refractivity contribution in [1.29, 1.82) is 0 Å². The summed E-state index contributed by atoms with van der Waals surface area (Å²) in [7, 11) is 0. The molecular weight excluding hydrogens is 272 g/mol. The predicted octanol–water partition coefficient (Wildman–Crippen LogP) is 2.21. The SMILES string of the molecule is NC(=O)CCCCNc1ccc([N+](=O)[O-])c2cccnc12.